The second-order valence-corrected chi connectivity index (χ2v) is 4.67. The zero-order valence-electron chi connectivity index (χ0n) is 12.1. The Morgan fingerprint density at radius 3 is 2.55 bits per heavy atom. The third kappa shape index (κ3) is 3.77. The quantitative estimate of drug-likeness (QED) is 0.697. The van der Waals surface area contributed by atoms with Crippen molar-refractivity contribution in [2.75, 3.05) is 26.3 Å². The van der Waals surface area contributed by atoms with Crippen molar-refractivity contribution in [3.63, 3.8) is 0 Å². The molecule has 2 rings (SSSR count). The van der Waals surface area contributed by atoms with E-state index >= 15 is 0 Å². The first kappa shape index (κ1) is 14.9. The van der Waals surface area contributed by atoms with Gasteiger partial charge in [-0.15, -0.1) is 5.10 Å². The predicted molar refractivity (Wildman–Crippen MR) is 71.8 cm³/mol. The van der Waals surface area contributed by atoms with Gasteiger partial charge in [-0.2, -0.15) is 0 Å². The second kappa shape index (κ2) is 7.35. The maximum Gasteiger partial charge on any atom is 0.244 e. The largest absolute Gasteiger partial charge is 0.347 e. The Kier molecular flexibility index (Phi) is 5.49. The second-order valence-electron chi connectivity index (χ2n) is 4.67. The summed E-state index contributed by atoms with van der Waals surface area (Å²) in [6.07, 6.45) is 3.38. The molecule has 7 heteroatoms. The Morgan fingerprint density at radius 1 is 1.30 bits per heavy atom. The summed E-state index contributed by atoms with van der Waals surface area (Å²) in [5, 5.41) is 8.00. The highest BCUT2D eigenvalue weighted by molar-refractivity contribution is 5.76. The number of ether oxygens (including phenoxy) is 2. The molecule has 0 spiro atoms. The van der Waals surface area contributed by atoms with Crippen molar-refractivity contribution in [3.05, 3.63) is 11.9 Å². The summed E-state index contributed by atoms with van der Waals surface area (Å²) in [6.45, 7) is 6.77. The Balaban J connectivity index is 1.94. The van der Waals surface area contributed by atoms with Gasteiger partial charge in [0, 0.05) is 26.3 Å². The first-order valence-corrected chi connectivity index (χ1v) is 7.15. The SMILES string of the molecule is CCOC(OCC)c1cn(CC(=O)N2CCCC2)nn1. The minimum atomic E-state index is -0.513. The van der Waals surface area contributed by atoms with Crippen molar-refractivity contribution in [2.24, 2.45) is 0 Å². The van der Waals surface area contributed by atoms with Gasteiger partial charge < -0.3 is 14.4 Å². The maximum absolute atomic E-state index is 12.0. The van der Waals surface area contributed by atoms with Gasteiger partial charge in [-0.25, -0.2) is 4.68 Å². The standard InChI is InChI=1S/C13H22N4O3/c1-3-19-13(20-4-2)11-9-17(15-14-11)10-12(18)16-7-5-6-8-16/h9,13H,3-8,10H2,1-2H3. The molecule has 0 bridgehead atoms. The van der Waals surface area contributed by atoms with Crippen molar-refractivity contribution >= 4 is 5.91 Å². The third-order valence-corrected chi connectivity index (χ3v) is 3.19. The van der Waals surface area contributed by atoms with Crippen LogP contribution < -0.4 is 0 Å². The van der Waals surface area contributed by atoms with Gasteiger partial charge in [0.2, 0.25) is 12.2 Å². The zero-order valence-corrected chi connectivity index (χ0v) is 12.1. The topological polar surface area (TPSA) is 69.5 Å². The van der Waals surface area contributed by atoms with Crippen LogP contribution >= 0.6 is 0 Å². The van der Waals surface area contributed by atoms with Gasteiger partial charge in [-0.05, 0) is 26.7 Å². The molecule has 1 aromatic heterocycles. The fourth-order valence-electron chi connectivity index (χ4n) is 2.23. The smallest absolute Gasteiger partial charge is 0.244 e. The number of hydrogen-bond donors (Lipinski definition) is 0. The summed E-state index contributed by atoms with van der Waals surface area (Å²) in [6, 6.07) is 0. The van der Waals surface area contributed by atoms with Gasteiger partial charge in [-0.1, -0.05) is 5.21 Å². The van der Waals surface area contributed by atoms with Crippen molar-refractivity contribution in [1.82, 2.24) is 19.9 Å². The molecule has 1 amide bonds. The number of amides is 1. The maximum atomic E-state index is 12.0. The molecule has 0 aliphatic carbocycles. The molecule has 1 aliphatic heterocycles. The number of rotatable bonds is 7. The Hall–Kier alpha value is -1.47. The van der Waals surface area contributed by atoms with Crippen LogP contribution in [-0.4, -0.2) is 52.1 Å². The average Bonchev–Trinajstić information content (AvgIpc) is 3.09. The van der Waals surface area contributed by atoms with Crippen molar-refractivity contribution < 1.29 is 14.3 Å². The zero-order chi connectivity index (χ0) is 14.4. The van der Waals surface area contributed by atoms with E-state index in [4.69, 9.17) is 9.47 Å². The van der Waals surface area contributed by atoms with Crippen molar-refractivity contribution in [2.45, 2.75) is 39.5 Å². The molecule has 1 aliphatic rings. The summed E-state index contributed by atoms with van der Waals surface area (Å²) in [7, 11) is 0. The van der Waals surface area contributed by atoms with Crippen LogP contribution in [-0.2, 0) is 20.8 Å². The van der Waals surface area contributed by atoms with Crippen molar-refractivity contribution in [1.29, 1.82) is 0 Å². The minimum Gasteiger partial charge on any atom is -0.347 e. The monoisotopic (exact) mass is 282 g/mol. The number of carbonyl (C=O) groups excluding carboxylic acids is 1. The number of likely N-dealkylation sites (tertiary alicyclic amines) is 1. The van der Waals surface area contributed by atoms with E-state index in [-0.39, 0.29) is 12.5 Å². The van der Waals surface area contributed by atoms with Crippen molar-refractivity contribution in [3.8, 4) is 0 Å². The molecule has 2 heterocycles. The van der Waals surface area contributed by atoms with Gasteiger partial charge in [0.25, 0.3) is 0 Å². The van der Waals surface area contributed by atoms with Crippen LogP contribution in [0.5, 0.6) is 0 Å². The molecule has 0 radical (unpaired) electrons. The first-order valence-electron chi connectivity index (χ1n) is 7.15. The Bertz CT molecular complexity index is 423. The summed E-state index contributed by atoms with van der Waals surface area (Å²) in [4.78, 5) is 13.9. The van der Waals surface area contributed by atoms with Crippen LogP contribution in [0.3, 0.4) is 0 Å². The molecular weight excluding hydrogens is 260 g/mol. The highest BCUT2D eigenvalue weighted by Crippen LogP contribution is 2.16. The molecule has 0 atom stereocenters. The fraction of sp³-hybridized carbons (Fsp3) is 0.769. The van der Waals surface area contributed by atoms with Crippen LogP contribution in [0.15, 0.2) is 6.20 Å². The van der Waals surface area contributed by atoms with E-state index in [9.17, 15) is 4.79 Å². The number of carbonyl (C=O) groups is 1. The van der Waals surface area contributed by atoms with E-state index in [2.05, 4.69) is 10.3 Å². The number of aromatic nitrogens is 3. The summed E-state index contributed by atoms with van der Waals surface area (Å²) in [5.41, 5.74) is 0.600. The molecule has 0 aromatic carbocycles. The molecule has 1 fully saturated rings. The molecule has 1 aromatic rings. The highest BCUT2D eigenvalue weighted by Gasteiger charge is 2.20. The van der Waals surface area contributed by atoms with E-state index in [0.717, 1.165) is 25.9 Å². The molecule has 1 saturated heterocycles. The number of hydrogen-bond acceptors (Lipinski definition) is 5. The fourth-order valence-corrected chi connectivity index (χ4v) is 2.23. The van der Waals surface area contributed by atoms with Crippen LogP contribution in [0.25, 0.3) is 0 Å². The van der Waals surface area contributed by atoms with E-state index in [1.165, 1.54) is 0 Å². The van der Waals surface area contributed by atoms with Crippen LogP contribution in [0, 0.1) is 0 Å². The summed E-state index contributed by atoms with van der Waals surface area (Å²) >= 11 is 0. The van der Waals surface area contributed by atoms with Gasteiger partial charge >= 0.3 is 0 Å². The molecule has 112 valence electrons. The summed E-state index contributed by atoms with van der Waals surface area (Å²) < 4.78 is 12.4. The van der Waals surface area contributed by atoms with Crippen LogP contribution in [0.1, 0.15) is 38.7 Å². The normalized spacial score (nSPS) is 15.2. The molecule has 0 unspecified atom stereocenters. The third-order valence-electron chi connectivity index (χ3n) is 3.19. The first-order chi connectivity index (χ1) is 9.74. The van der Waals surface area contributed by atoms with Crippen LogP contribution in [0.4, 0.5) is 0 Å². The average molecular weight is 282 g/mol. The molecule has 7 nitrogen and oxygen atoms in total. The molecule has 20 heavy (non-hydrogen) atoms. The van der Waals surface area contributed by atoms with Gasteiger partial charge in [0.15, 0.2) is 0 Å². The predicted octanol–water partition coefficient (Wildman–Crippen LogP) is 0.972. The van der Waals surface area contributed by atoms with Gasteiger partial charge in [-0.3, -0.25) is 4.79 Å². The lowest BCUT2D eigenvalue weighted by Gasteiger charge is -2.15. The minimum absolute atomic E-state index is 0.0864. The van der Waals surface area contributed by atoms with E-state index in [1.807, 2.05) is 18.7 Å². The molecular formula is C13H22N4O3. The summed E-state index contributed by atoms with van der Waals surface area (Å²) in [5.74, 6) is 0.0864. The van der Waals surface area contributed by atoms with E-state index in [1.54, 1.807) is 10.9 Å². The van der Waals surface area contributed by atoms with E-state index in [0.29, 0.717) is 18.9 Å². The lowest BCUT2D eigenvalue weighted by atomic mass is 10.4. The molecule has 0 saturated carbocycles. The number of nitrogens with zero attached hydrogens (tertiary/aromatic N) is 4. The van der Waals surface area contributed by atoms with Gasteiger partial charge in [0.05, 0.1) is 6.20 Å². The lowest BCUT2D eigenvalue weighted by Crippen LogP contribution is -2.31. The van der Waals surface area contributed by atoms with E-state index < -0.39 is 6.29 Å². The highest BCUT2D eigenvalue weighted by atomic mass is 16.7. The Labute approximate surface area is 118 Å². The van der Waals surface area contributed by atoms with Gasteiger partial charge in [0.1, 0.15) is 12.2 Å². The lowest BCUT2D eigenvalue weighted by molar-refractivity contribution is -0.142. The Morgan fingerprint density at radius 2 is 1.95 bits per heavy atom. The molecule has 0 N–H and O–H groups in total. The van der Waals surface area contributed by atoms with Crippen LogP contribution in [0.2, 0.25) is 0 Å².